The summed E-state index contributed by atoms with van der Waals surface area (Å²) in [6.45, 7) is 7.49. The third kappa shape index (κ3) is 2.77. The van der Waals surface area contributed by atoms with Crippen LogP contribution in [0.4, 0.5) is 4.79 Å². The molecule has 0 aliphatic heterocycles. The Balaban J connectivity index is 2.59. The van der Waals surface area contributed by atoms with Gasteiger partial charge in [-0.15, -0.1) is 0 Å². The molecule has 1 aromatic heterocycles. The molecule has 0 radical (unpaired) electrons. The molecule has 2 aromatic rings. The van der Waals surface area contributed by atoms with E-state index in [1.54, 1.807) is 6.20 Å². The first kappa shape index (κ1) is 14.0. The van der Waals surface area contributed by atoms with E-state index in [-0.39, 0.29) is 0 Å². The Morgan fingerprint density at radius 1 is 1.35 bits per heavy atom. The summed E-state index contributed by atoms with van der Waals surface area (Å²) in [5.41, 5.74) is 7.33. The van der Waals surface area contributed by atoms with Gasteiger partial charge in [0.25, 0.3) is 0 Å². The fourth-order valence-corrected chi connectivity index (χ4v) is 1.98. The van der Waals surface area contributed by atoms with Crippen molar-refractivity contribution in [2.45, 2.75) is 33.3 Å². The molecule has 2 N–H and O–H groups in total. The third-order valence-corrected chi connectivity index (χ3v) is 2.76. The highest BCUT2D eigenvalue weighted by Crippen LogP contribution is 2.23. The zero-order valence-electron chi connectivity index (χ0n) is 12.2. The number of carbonyl (C=O) groups excluding carboxylic acids is 1. The highest BCUT2D eigenvalue weighted by molar-refractivity contribution is 5.94. The molecular weight excluding hydrogens is 252 g/mol. The number of nitrogens with two attached hydrogens (primary N) is 1. The summed E-state index contributed by atoms with van der Waals surface area (Å²) in [6.07, 6.45) is 1.24. The summed E-state index contributed by atoms with van der Waals surface area (Å²) in [5.74, 6) is 2.82. The monoisotopic (exact) mass is 270 g/mol. The van der Waals surface area contributed by atoms with Gasteiger partial charge in [0.1, 0.15) is 5.60 Å². The molecule has 0 atom stereocenters. The van der Waals surface area contributed by atoms with Gasteiger partial charge in [-0.3, -0.25) is 4.57 Å². The van der Waals surface area contributed by atoms with Gasteiger partial charge in [0.05, 0.1) is 11.1 Å². The van der Waals surface area contributed by atoms with Crippen LogP contribution in [0.3, 0.4) is 0 Å². The minimum atomic E-state index is -0.544. The summed E-state index contributed by atoms with van der Waals surface area (Å²) >= 11 is 0. The van der Waals surface area contributed by atoms with Gasteiger partial charge >= 0.3 is 6.09 Å². The molecule has 20 heavy (non-hydrogen) atoms. The first-order chi connectivity index (χ1) is 9.31. The van der Waals surface area contributed by atoms with E-state index in [1.807, 2.05) is 45.9 Å². The summed E-state index contributed by atoms with van der Waals surface area (Å²) in [6, 6.07) is 8.20. The topological polar surface area (TPSA) is 57.2 Å². The predicted octanol–water partition coefficient (Wildman–Crippen LogP) is 3.00. The van der Waals surface area contributed by atoms with E-state index in [1.165, 1.54) is 4.57 Å². The Bertz CT molecular complexity index is 724. The number of hydrogen-bond donors (Lipinski definition) is 1. The Morgan fingerprint density at radius 2 is 2.05 bits per heavy atom. The number of aryl methyl sites for hydroxylation is 1. The lowest BCUT2D eigenvalue weighted by molar-refractivity contribution is 0.0544. The van der Waals surface area contributed by atoms with Gasteiger partial charge in [0, 0.05) is 17.6 Å². The molecule has 0 spiro atoms. The third-order valence-electron chi connectivity index (χ3n) is 2.76. The Hall–Kier alpha value is -2.41. The number of carbonyl (C=O) groups is 1. The van der Waals surface area contributed by atoms with Crippen LogP contribution in [-0.4, -0.2) is 16.3 Å². The molecule has 1 heterocycles. The van der Waals surface area contributed by atoms with E-state index < -0.39 is 11.7 Å². The van der Waals surface area contributed by atoms with Crippen LogP contribution < -0.4 is 5.73 Å². The molecule has 4 nitrogen and oxygen atoms in total. The van der Waals surface area contributed by atoms with E-state index in [9.17, 15) is 4.79 Å². The normalized spacial score (nSPS) is 11.0. The average molecular weight is 270 g/mol. The van der Waals surface area contributed by atoms with Crippen molar-refractivity contribution in [3.63, 3.8) is 0 Å². The van der Waals surface area contributed by atoms with Gasteiger partial charge in [-0.1, -0.05) is 11.6 Å². The van der Waals surface area contributed by atoms with Gasteiger partial charge in [0.15, 0.2) is 0 Å². The fraction of sp³-hybridized carbons (Fsp3) is 0.312. The van der Waals surface area contributed by atoms with E-state index in [2.05, 4.69) is 12.0 Å². The van der Waals surface area contributed by atoms with Crippen molar-refractivity contribution in [2.24, 2.45) is 5.73 Å². The number of fused-ring (bicyclic) bond motifs is 1. The molecule has 1 aromatic carbocycles. The number of aromatic nitrogens is 1. The van der Waals surface area contributed by atoms with Gasteiger partial charge in [-0.2, -0.15) is 0 Å². The molecule has 2 rings (SSSR count). The minimum absolute atomic E-state index is 0.420. The molecule has 0 bridgehead atoms. The van der Waals surface area contributed by atoms with Gasteiger partial charge < -0.3 is 10.5 Å². The van der Waals surface area contributed by atoms with Crippen molar-refractivity contribution in [1.82, 2.24) is 4.57 Å². The Kier molecular flexibility index (Phi) is 3.46. The van der Waals surface area contributed by atoms with Crippen LogP contribution in [0.25, 0.3) is 10.9 Å². The van der Waals surface area contributed by atoms with Crippen molar-refractivity contribution < 1.29 is 9.53 Å². The molecular formula is C16H18N2O2. The average Bonchev–Trinajstić information content (AvgIpc) is 2.66. The highest BCUT2D eigenvalue weighted by atomic mass is 16.6. The Labute approximate surface area is 118 Å². The summed E-state index contributed by atoms with van der Waals surface area (Å²) in [5, 5.41) is 0.897. The van der Waals surface area contributed by atoms with E-state index in [0.29, 0.717) is 0 Å². The summed E-state index contributed by atoms with van der Waals surface area (Å²) in [4.78, 5) is 12.2. The lowest BCUT2D eigenvalue weighted by Crippen LogP contribution is -2.26. The Morgan fingerprint density at radius 3 is 2.65 bits per heavy atom. The SMILES string of the molecule is Cc1ccc2c(c1)c(C#CN)cn2C(=O)OC(C)(C)C. The predicted molar refractivity (Wildman–Crippen MR) is 79.4 cm³/mol. The maximum Gasteiger partial charge on any atom is 0.419 e. The second kappa shape index (κ2) is 4.93. The lowest BCUT2D eigenvalue weighted by atomic mass is 10.1. The van der Waals surface area contributed by atoms with Crippen LogP contribution in [0.2, 0.25) is 0 Å². The van der Waals surface area contributed by atoms with Gasteiger partial charge in [-0.05, 0) is 45.7 Å². The van der Waals surface area contributed by atoms with Crippen LogP contribution in [0.15, 0.2) is 24.4 Å². The first-order valence-corrected chi connectivity index (χ1v) is 6.38. The maximum absolute atomic E-state index is 12.2. The summed E-state index contributed by atoms with van der Waals surface area (Å²) in [7, 11) is 0. The molecule has 0 unspecified atom stereocenters. The van der Waals surface area contributed by atoms with Crippen molar-refractivity contribution in [2.75, 3.05) is 0 Å². The van der Waals surface area contributed by atoms with Crippen molar-refractivity contribution in [3.05, 3.63) is 35.5 Å². The van der Waals surface area contributed by atoms with Gasteiger partial charge in [0.2, 0.25) is 0 Å². The smallest absolute Gasteiger partial charge is 0.419 e. The first-order valence-electron chi connectivity index (χ1n) is 6.38. The van der Waals surface area contributed by atoms with Crippen molar-refractivity contribution in [3.8, 4) is 12.0 Å². The number of rotatable bonds is 0. The fourth-order valence-electron chi connectivity index (χ4n) is 1.98. The van der Waals surface area contributed by atoms with Crippen LogP contribution >= 0.6 is 0 Å². The van der Waals surface area contributed by atoms with E-state index in [4.69, 9.17) is 10.5 Å². The largest absolute Gasteiger partial charge is 0.443 e. The quantitative estimate of drug-likeness (QED) is 0.591. The van der Waals surface area contributed by atoms with Gasteiger partial charge in [-0.25, -0.2) is 4.79 Å². The molecule has 0 aliphatic carbocycles. The van der Waals surface area contributed by atoms with E-state index >= 15 is 0 Å². The molecule has 0 saturated heterocycles. The molecule has 0 saturated carbocycles. The standard InChI is InChI=1S/C16H18N2O2/c1-11-5-6-14-13(9-11)12(7-8-17)10-18(14)15(19)20-16(2,3)4/h5-6,9-10H,17H2,1-4H3. The number of ether oxygens (including phenoxy) is 1. The zero-order valence-corrected chi connectivity index (χ0v) is 12.2. The van der Waals surface area contributed by atoms with Crippen molar-refractivity contribution >= 4 is 17.0 Å². The highest BCUT2D eigenvalue weighted by Gasteiger charge is 2.20. The van der Waals surface area contributed by atoms with Crippen LogP contribution in [0.5, 0.6) is 0 Å². The number of benzene rings is 1. The molecule has 0 amide bonds. The van der Waals surface area contributed by atoms with Crippen LogP contribution in [0, 0.1) is 18.9 Å². The minimum Gasteiger partial charge on any atom is -0.443 e. The van der Waals surface area contributed by atoms with Crippen molar-refractivity contribution in [1.29, 1.82) is 0 Å². The second-order valence-corrected chi connectivity index (χ2v) is 5.68. The number of hydrogen-bond acceptors (Lipinski definition) is 3. The molecule has 0 aliphatic rings. The second-order valence-electron chi connectivity index (χ2n) is 5.68. The zero-order chi connectivity index (χ0) is 14.9. The molecule has 104 valence electrons. The van der Waals surface area contributed by atoms with Crippen LogP contribution in [-0.2, 0) is 4.74 Å². The van der Waals surface area contributed by atoms with Crippen LogP contribution in [0.1, 0.15) is 31.9 Å². The summed E-state index contributed by atoms with van der Waals surface area (Å²) < 4.78 is 6.87. The molecule has 4 heteroatoms. The maximum atomic E-state index is 12.2. The van der Waals surface area contributed by atoms with E-state index in [0.717, 1.165) is 22.0 Å². The number of nitrogens with zero attached hydrogens (tertiary/aromatic N) is 1. The lowest BCUT2D eigenvalue weighted by Gasteiger charge is -2.19. The molecule has 0 fully saturated rings.